The minimum Gasteiger partial charge on any atom is -0.373 e. The van der Waals surface area contributed by atoms with Crippen LogP contribution in [-0.2, 0) is 17.8 Å². The third-order valence-electron chi connectivity index (χ3n) is 3.79. The summed E-state index contributed by atoms with van der Waals surface area (Å²) in [6.45, 7) is 13.8. The highest BCUT2D eigenvalue weighted by molar-refractivity contribution is 5.30. The van der Waals surface area contributed by atoms with Gasteiger partial charge in [0.15, 0.2) is 0 Å². The van der Waals surface area contributed by atoms with Crippen molar-refractivity contribution < 1.29 is 4.74 Å². The van der Waals surface area contributed by atoms with Crippen molar-refractivity contribution in [2.24, 2.45) is 5.92 Å². The summed E-state index contributed by atoms with van der Waals surface area (Å²) in [5, 5.41) is 0. The first-order valence-corrected chi connectivity index (χ1v) is 7.41. The first-order valence-electron chi connectivity index (χ1n) is 7.41. The third-order valence-corrected chi connectivity index (χ3v) is 3.79. The maximum Gasteiger partial charge on any atom is 0.131 e. The first kappa shape index (κ1) is 14.4. The highest BCUT2D eigenvalue weighted by Gasteiger charge is 2.27. The van der Waals surface area contributed by atoms with E-state index in [1.807, 2.05) is 0 Å². The van der Waals surface area contributed by atoms with Crippen molar-refractivity contribution in [1.82, 2.24) is 9.97 Å². The van der Waals surface area contributed by atoms with Crippen molar-refractivity contribution >= 4 is 0 Å². The van der Waals surface area contributed by atoms with E-state index in [9.17, 15) is 0 Å². The van der Waals surface area contributed by atoms with Crippen LogP contribution in [0.15, 0.2) is 0 Å². The molecule has 3 nitrogen and oxygen atoms in total. The largest absolute Gasteiger partial charge is 0.373 e. The lowest BCUT2D eigenvalue weighted by atomic mass is 9.93. The average Bonchev–Trinajstić information content (AvgIpc) is 2.36. The molecular weight excluding hydrogens is 236 g/mol. The molecule has 0 unspecified atom stereocenters. The molecule has 1 aliphatic heterocycles. The fourth-order valence-electron chi connectivity index (χ4n) is 2.50. The molecule has 2 heterocycles. The lowest BCUT2D eigenvalue weighted by Gasteiger charge is -2.29. The molecule has 19 heavy (non-hydrogen) atoms. The van der Waals surface area contributed by atoms with Crippen molar-refractivity contribution in [3.05, 3.63) is 22.8 Å². The summed E-state index contributed by atoms with van der Waals surface area (Å²) in [5.41, 5.74) is 3.62. The van der Waals surface area contributed by atoms with Gasteiger partial charge in [0, 0.05) is 17.9 Å². The zero-order valence-corrected chi connectivity index (χ0v) is 13.0. The lowest BCUT2D eigenvalue weighted by Crippen LogP contribution is -2.30. The van der Waals surface area contributed by atoms with E-state index in [2.05, 4.69) is 41.5 Å². The number of hydrogen-bond donors (Lipinski definition) is 0. The Kier molecular flexibility index (Phi) is 4.24. The Hall–Kier alpha value is -0.960. The normalized spacial score (nSPS) is 19.3. The van der Waals surface area contributed by atoms with Gasteiger partial charge in [-0.1, -0.05) is 41.5 Å². The van der Waals surface area contributed by atoms with Crippen LogP contribution in [0.4, 0.5) is 0 Å². The molecular formula is C16H26N2O. The van der Waals surface area contributed by atoms with Gasteiger partial charge in [0.05, 0.1) is 24.1 Å². The van der Waals surface area contributed by atoms with Gasteiger partial charge >= 0.3 is 0 Å². The third kappa shape index (κ3) is 2.97. The highest BCUT2D eigenvalue weighted by Crippen LogP contribution is 2.29. The second kappa shape index (κ2) is 5.58. The molecule has 0 aromatic carbocycles. The van der Waals surface area contributed by atoms with Gasteiger partial charge in [0.25, 0.3) is 0 Å². The maximum absolute atomic E-state index is 5.98. The minimum absolute atomic E-state index is 0.294. The average molecular weight is 262 g/mol. The molecule has 0 saturated carbocycles. The van der Waals surface area contributed by atoms with E-state index < -0.39 is 0 Å². The van der Waals surface area contributed by atoms with Crippen LogP contribution in [0, 0.1) is 5.92 Å². The summed E-state index contributed by atoms with van der Waals surface area (Å²) in [7, 11) is 0. The second-order valence-electron chi connectivity index (χ2n) is 6.50. The molecule has 1 aromatic rings. The Balaban J connectivity index is 2.44. The van der Waals surface area contributed by atoms with Crippen molar-refractivity contribution in [3.63, 3.8) is 0 Å². The van der Waals surface area contributed by atoms with Gasteiger partial charge in [-0.05, 0) is 11.8 Å². The molecule has 1 atom stereocenters. The summed E-state index contributed by atoms with van der Waals surface area (Å²) in [6.07, 6.45) is 1.22. The van der Waals surface area contributed by atoms with E-state index in [-0.39, 0.29) is 0 Å². The van der Waals surface area contributed by atoms with Gasteiger partial charge in [0.2, 0.25) is 0 Å². The van der Waals surface area contributed by atoms with Crippen LogP contribution in [-0.4, -0.2) is 16.1 Å². The Bertz CT molecular complexity index is 452. The summed E-state index contributed by atoms with van der Waals surface area (Å²) in [4.78, 5) is 9.56. The Morgan fingerprint density at radius 2 is 1.68 bits per heavy atom. The van der Waals surface area contributed by atoms with Crippen molar-refractivity contribution in [3.8, 4) is 0 Å². The summed E-state index contributed by atoms with van der Waals surface area (Å²) in [6, 6.07) is 0. The lowest BCUT2D eigenvalue weighted by molar-refractivity contribution is -0.00250. The molecule has 0 bridgehead atoms. The van der Waals surface area contributed by atoms with E-state index in [1.165, 1.54) is 17.0 Å². The van der Waals surface area contributed by atoms with Crippen LogP contribution in [0.1, 0.15) is 76.2 Å². The molecule has 0 amide bonds. The number of aromatic nitrogens is 2. The summed E-state index contributed by atoms with van der Waals surface area (Å²) >= 11 is 0. The zero-order chi connectivity index (χ0) is 14.2. The number of nitrogens with zero attached hydrogens (tertiary/aromatic N) is 2. The van der Waals surface area contributed by atoms with Gasteiger partial charge in [-0.15, -0.1) is 0 Å². The van der Waals surface area contributed by atoms with Crippen LogP contribution in [0.3, 0.4) is 0 Å². The topological polar surface area (TPSA) is 35.0 Å². The molecule has 0 N–H and O–H groups in total. The van der Waals surface area contributed by atoms with E-state index >= 15 is 0 Å². The van der Waals surface area contributed by atoms with Gasteiger partial charge in [-0.2, -0.15) is 0 Å². The van der Waals surface area contributed by atoms with E-state index in [0.717, 1.165) is 12.2 Å². The molecule has 106 valence electrons. The predicted molar refractivity (Wildman–Crippen MR) is 77.3 cm³/mol. The second-order valence-corrected chi connectivity index (χ2v) is 6.50. The zero-order valence-electron chi connectivity index (χ0n) is 13.0. The smallest absolute Gasteiger partial charge is 0.131 e. The molecule has 1 aliphatic rings. The molecule has 2 rings (SSSR count). The van der Waals surface area contributed by atoms with Gasteiger partial charge in [0.1, 0.15) is 5.82 Å². The van der Waals surface area contributed by atoms with Crippen LogP contribution in [0.25, 0.3) is 0 Å². The molecule has 1 aromatic heterocycles. The molecule has 0 aliphatic carbocycles. The fraction of sp³-hybridized carbons (Fsp3) is 0.750. The number of ether oxygens (including phenoxy) is 1. The number of hydrogen-bond acceptors (Lipinski definition) is 3. The maximum atomic E-state index is 5.98. The van der Waals surface area contributed by atoms with Crippen LogP contribution in [0.2, 0.25) is 0 Å². The predicted octanol–water partition coefficient (Wildman–Crippen LogP) is 3.82. The monoisotopic (exact) mass is 262 g/mol. The first-order chi connectivity index (χ1) is 8.90. The standard InChI is InChI=1S/C16H26N2O/c1-9(2)14-7-13-12(8-19-14)15(10(3)4)18-16(17-13)11(5)6/h9-11,14H,7-8H2,1-6H3/t14-/m0/s1. The van der Waals surface area contributed by atoms with E-state index in [0.29, 0.717) is 30.5 Å². The minimum atomic E-state index is 0.294. The summed E-state index contributed by atoms with van der Waals surface area (Å²) < 4.78 is 5.98. The Labute approximate surface area is 116 Å². The number of rotatable bonds is 3. The van der Waals surface area contributed by atoms with Crippen molar-refractivity contribution in [2.45, 2.75) is 72.5 Å². The van der Waals surface area contributed by atoms with Gasteiger partial charge in [-0.3, -0.25) is 0 Å². The summed E-state index contributed by atoms with van der Waals surface area (Å²) in [5.74, 6) is 2.32. The Morgan fingerprint density at radius 3 is 2.21 bits per heavy atom. The van der Waals surface area contributed by atoms with Gasteiger partial charge < -0.3 is 4.74 Å². The quantitative estimate of drug-likeness (QED) is 0.830. The van der Waals surface area contributed by atoms with Crippen molar-refractivity contribution in [2.75, 3.05) is 0 Å². The van der Waals surface area contributed by atoms with Crippen molar-refractivity contribution in [1.29, 1.82) is 0 Å². The molecule has 0 radical (unpaired) electrons. The van der Waals surface area contributed by atoms with Crippen LogP contribution >= 0.6 is 0 Å². The SMILES string of the molecule is CC(C)c1nc2c(c(C(C)C)n1)CO[C@H](C(C)C)C2. The van der Waals surface area contributed by atoms with Gasteiger partial charge in [-0.25, -0.2) is 9.97 Å². The molecule has 0 spiro atoms. The molecule has 0 fully saturated rings. The van der Waals surface area contributed by atoms with Crippen LogP contribution < -0.4 is 0 Å². The Morgan fingerprint density at radius 1 is 1.00 bits per heavy atom. The highest BCUT2D eigenvalue weighted by atomic mass is 16.5. The number of fused-ring (bicyclic) bond motifs is 1. The van der Waals surface area contributed by atoms with E-state index in [4.69, 9.17) is 14.7 Å². The molecule has 0 saturated heterocycles. The van der Waals surface area contributed by atoms with Crippen LogP contribution in [0.5, 0.6) is 0 Å². The fourth-order valence-corrected chi connectivity index (χ4v) is 2.50. The van der Waals surface area contributed by atoms with E-state index in [1.54, 1.807) is 0 Å². The molecule has 3 heteroatoms.